The van der Waals surface area contributed by atoms with Crippen molar-refractivity contribution in [3.05, 3.63) is 53.1 Å². The minimum Gasteiger partial charge on any atom is -0.449 e. The summed E-state index contributed by atoms with van der Waals surface area (Å²) in [7, 11) is -3.82. The van der Waals surface area contributed by atoms with E-state index in [0.29, 0.717) is 10.7 Å². The fourth-order valence-electron chi connectivity index (χ4n) is 1.97. The van der Waals surface area contributed by atoms with E-state index in [1.165, 1.54) is 49.4 Å². The third-order valence-corrected chi connectivity index (χ3v) is 4.50. The third-order valence-electron chi connectivity index (χ3n) is 3.34. The normalized spacial score (nSPS) is 12.3. The van der Waals surface area contributed by atoms with E-state index >= 15 is 0 Å². The van der Waals surface area contributed by atoms with Crippen LogP contribution in [0.25, 0.3) is 0 Å². The second-order valence-corrected chi connectivity index (χ2v) is 7.34. The molecular weight excluding hydrogens is 382 g/mol. The second-order valence-electron chi connectivity index (χ2n) is 5.34. The zero-order chi connectivity index (χ0) is 19.5. The largest absolute Gasteiger partial charge is 0.449 e. The number of anilines is 2. The highest BCUT2D eigenvalue weighted by molar-refractivity contribution is 7.89. The number of amides is 1. The van der Waals surface area contributed by atoms with Crippen LogP contribution in [0.1, 0.15) is 17.3 Å². The molecule has 2 aromatic rings. The van der Waals surface area contributed by atoms with Gasteiger partial charge < -0.3 is 15.8 Å². The number of sulfonamides is 1. The lowest BCUT2D eigenvalue weighted by molar-refractivity contribution is -0.123. The monoisotopic (exact) mass is 397 g/mol. The summed E-state index contributed by atoms with van der Waals surface area (Å²) < 4.78 is 27.5. The molecule has 0 radical (unpaired) electrons. The Hall–Kier alpha value is -2.62. The lowest BCUT2D eigenvalue weighted by Crippen LogP contribution is -2.30. The molecule has 2 aromatic carbocycles. The summed E-state index contributed by atoms with van der Waals surface area (Å²) in [6.07, 6.45) is -1.12. The molecule has 0 heterocycles. The first-order chi connectivity index (χ1) is 12.1. The number of nitrogens with two attached hydrogens (primary N) is 2. The van der Waals surface area contributed by atoms with Gasteiger partial charge in [-0.2, -0.15) is 0 Å². The fourth-order valence-corrected chi connectivity index (χ4v) is 2.66. The molecule has 26 heavy (non-hydrogen) atoms. The molecule has 1 amide bonds. The van der Waals surface area contributed by atoms with Crippen molar-refractivity contribution in [2.75, 3.05) is 11.1 Å². The summed E-state index contributed by atoms with van der Waals surface area (Å²) in [5, 5.41) is 7.86. The Kier molecular flexibility index (Phi) is 5.86. The standard InChI is InChI=1S/C16H16ClN3O5S/c1-9(25-16(22)13-7-2-10(17)8-14(13)18)15(21)20-11-3-5-12(6-4-11)26(19,23)24/h2-9H,18H2,1H3,(H,20,21)(H2,19,23,24)/t9-/m0/s1. The van der Waals surface area contributed by atoms with E-state index in [9.17, 15) is 18.0 Å². The van der Waals surface area contributed by atoms with Crippen LogP contribution in [-0.4, -0.2) is 26.4 Å². The van der Waals surface area contributed by atoms with Crippen LogP contribution < -0.4 is 16.2 Å². The molecule has 0 aliphatic rings. The van der Waals surface area contributed by atoms with E-state index in [2.05, 4.69) is 5.32 Å². The smallest absolute Gasteiger partial charge is 0.341 e. The average Bonchev–Trinajstić information content (AvgIpc) is 2.54. The molecule has 0 aliphatic heterocycles. The Labute approximate surface area is 155 Å². The molecule has 138 valence electrons. The minimum atomic E-state index is -3.82. The maximum absolute atomic E-state index is 12.1. The van der Waals surface area contributed by atoms with E-state index in [0.717, 1.165) is 0 Å². The molecule has 5 N–H and O–H groups in total. The number of esters is 1. The first kappa shape index (κ1) is 19.7. The van der Waals surface area contributed by atoms with Gasteiger partial charge in [0.05, 0.1) is 10.5 Å². The van der Waals surface area contributed by atoms with Crippen molar-refractivity contribution in [1.82, 2.24) is 0 Å². The number of nitrogens with one attached hydrogen (secondary N) is 1. The van der Waals surface area contributed by atoms with Gasteiger partial charge in [-0.15, -0.1) is 0 Å². The van der Waals surface area contributed by atoms with Gasteiger partial charge >= 0.3 is 5.97 Å². The molecule has 0 bridgehead atoms. The SMILES string of the molecule is C[C@H](OC(=O)c1ccc(Cl)cc1N)C(=O)Nc1ccc(S(N)(=O)=O)cc1. The molecule has 0 aromatic heterocycles. The molecule has 10 heteroatoms. The first-order valence-electron chi connectivity index (χ1n) is 7.27. The van der Waals surface area contributed by atoms with Gasteiger partial charge in [0.15, 0.2) is 6.10 Å². The molecule has 0 unspecified atom stereocenters. The summed E-state index contributed by atoms with van der Waals surface area (Å²) in [4.78, 5) is 24.1. The lowest BCUT2D eigenvalue weighted by atomic mass is 10.2. The van der Waals surface area contributed by atoms with Crippen molar-refractivity contribution in [3.8, 4) is 0 Å². The van der Waals surface area contributed by atoms with E-state index in [-0.39, 0.29) is 16.1 Å². The summed E-state index contributed by atoms with van der Waals surface area (Å²) in [6, 6.07) is 9.50. The lowest BCUT2D eigenvalue weighted by Gasteiger charge is -2.14. The molecule has 0 spiro atoms. The van der Waals surface area contributed by atoms with Gasteiger partial charge in [0.25, 0.3) is 5.91 Å². The number of carbonyl (C=O) groups is 2. The molecule has 8 nitrogen and oxygen atoms in total. The zero-order valence-electron chi connectivity index (χ0n) is 13.6. The third kappa shape index (κ3) is 4.94. The van der Waals surface area contributed by atoms with Crippen LogP contribution >= 0.6 is 11.6 Å². The quantitative estimate of drug-likeness (QED) is 0.518. The van der Waals surface area contributed by atoms with Crippen LogP contribution in [0.5, 0.6) is 0 Å². The predicted octanol–water partition coefficient (Wildman–Crippen LogP) is 1.75. The molecule has 0 saturated heterocycles. The fraction of sp³-hybridized carbons (Fsp3) is 0.125. The van der Waals surface area contributed by atoms with Gasteiger partial charge in [-0.05, 0) is 49.4 Å². The van der Waals surface area contributed by atoms with Gasteiger partial charge in [0, 0.05) is 16.4 Å². The number of primary sulfonamides is 1. The number of hydrogen-bond acceptors (Lipinski definition) is 6. The maximum atomic E-state index is 12.1. The molecule has 0 fully saturated rings. The molecule has 0 aliphatic carbocycles. The van der Waals surface area contributed by atoms with E-state index < -0.39 is 28.0 Å². The van der Waals surface area contributed by atoms with Crippen molar-refractivity contribution in [1.29, 1.82) is 0 Å². The Balaban J connectivity index is 2.02. The maximum Gasteiger partial charge on any atom is 0.341 e. The number of ether oxygens (including phenoxy) is 1. The number of benzene rings is 2. The van der Waals surface area contributed by atoms with Crippen LogP contribution in [0.2, 0.25) is 5.02 Å². The summed E-state index contributed by atoms with van der Waals surface area (Å²) in [6.45, 7) is 1.39. The second kappa shape index (κ2) is 7.73. The van der Waals surface area contributed by atoms with Crippen molar-refractivity contribution >= 4 is 44.9 Å². The van der Waals surface area contributed by atoms with E-state index in [1.807, 2.05) is 0 Å². The molecule has 0 saturated carbocycles. The molecule has 2 rings (SSSR count). The van der Waals surface area contributed by atoms with Crippen molar-refractivity contribution in [2.45, 2.75) is 17.9 Å². The predicted molar refractivity (Wildman–Crippen MR) is 97.2 cm³/mol. The summed E-state index contributed by atoms with van der Waals surface area (Å²) >= 11 is 5.77. The van der Waals surface area contributed by atoms with Gasteiger partial charge in [-0.3, -0.25) is 4.79 Å². The number of hydrogen-bond donors (Lipinski definition) is 3. The van der Waals surface area contributed by atoms with Gasteiger partial charge in [0.2, 0.25) is 10.0 Å². The van der Waals surface area contributed by atoms with E-state index in [1.54, 1.807) is 0 Å². The highest BCUT2D eigenvalue weighted by Gasteiger charge is 2.20. The van der Waals surface area contributed by atoms with Crippen LogP contribution in [0, 0.1) is 0 Å². The number of halogens is 1. The van der Waals surface area contributed by atoms with Crippen LogP contribution in [0.3, 0.4) is 0 Å². The first-order valence-corrected chi connectivity index (χ1v) is 9.20. The Morgan fingerprint density at radius 2 is 1.77 bits per heavy atom. The van der Waals surface area contributed by atoms with Gasteiger partial charge in [-0.25, -0.2) is 18.4 Å². The van der Waals surface area contributed by atoms with Crippen molar-refractivity contribution in [3.63, 3.8) is 0 Å². The molecular formula is C16H16ClN3O5S. The number of rotatable bonds is 5. The number of nitrogen functional groups attached to an aromatic ring is 1. The summed E-state index contributed by atoms with van der Waals surface area (Å²) in [5.41, 5.74) is 6.24. The summed E-state index contributed by atoms with van der Waals surface area (Å²) in [5.74, 6) is -1.37. The van der Waals surface area contributed by atoms with Crippen LogP contribution in [0.4, 0.5) is 11.4 Å². The average molecular weight is 398 g/mol. The zero-order valence-corrected chi connectivity index (χ0v) is 15.2. The van der Waals surface area contributed by atoms with E-state index in [4.69, 9.17) is 27.2 Å². The Bertz CT molecular complexity index is 945. The Morgan fingerprint density at radius 3 is 2.31 bits per heavy atom. The topological polar surface area (TPSA) is 142 Å². The molecule has 1 atom stereocenters. The van der Waals surface area contributed by atoms with Crippen LogP contribution in [-0.2, 0) is 19.6 Å². The minimum absolute atomic E-state index is 0.0894. The Morgan fingerprint density at radius 1 is 1.15 bits per heavy atom. The van der Waals surface area contributed by atoms with Crippen molar-refractivity contribution in [2.24, 2.45) is 5.14 Å². The van der Waals surface area contributed by atoms with Crippen LogP contribution in [0.15, 0.2) is 47.4 Å². The van der Waals surface area contributed by atoms with Gasteiger partial charge in [0.1, 0.15) is 0 Å². The highest BCUT2D eigenvalue weighted by atomic mass is 35.5. The highest BCUT2D eigenvalue weighted by Crippen LogP contribution is 2.19. The number of carbonyl (C=O) groups excluding carboxylic acids is 2. The van der Waals surface area contributed by atoms with Crippen molar-refractivity contribution < 1.29 is 22.7 Å². The van der Waals surface area contributed by atoms with Gasteiger partial charge in [-0.1, -0.05) is 11.6 Å².